The van der Waals surface area contributed by atoms with E-state index in [0.717, 1.165) is 24.6 Å². The van der Waals surface area contributed by atoms with Crippen molar-refractivity contribution in [2.24, 2.45) is 0 Å². The highest BCUT2D eigenvalue weighted by Gasteiger charge is 2.20. The Hall–Kier alpha value is -1.07. The van der Waals surface area contributed by atoms with Gasteiger partial charge in [0.15, 0.2) is 0 Å². The Morgan fingerprint density at radius 3 is 2.94 bits per heavy atom. The third kappa shape index (κ3) is 2.98. The lowest BCUT2D eigenvalue weighted by atomic mass is 10.1. The Kier molecular flexibility index (Phi) is 4.39. The highest BCUT2D eigenvalue weighted by molar-refractivity contribution is 7.99. The number of hydrogen-bond donors (Lipinski definition) is 1. The molecule has 0 aromatic carbocycles. The first-order chi connectivity index (χ1) is 8.33. The van der Waals surface area contributed by atoms with Crippen molar-refractivity contribution in [3.8, 4) is 0 Å². The van der Waals surface area contributed by atoms with Gasteiger partial charge >= 0.3 is 0 Å². The second kappa shape index (κ2) is 6.02. The molecular weight excluding hydrogens is 236 g/mol. The third-order valence-electron chi connectivity index (χ3n) is 2.77. The molecule has 0 aliphatic carbocycles. The summed E-state index contributed by atoms with van der Waals surface area (Å²) in [6, 6.07) is 3.56. The summed E-state index contributed by atoms with van der Waals surface area (Å²) in [7, 11) is 0. The van der Waals surface area contributed by atoms with Crippen LogP contribution < -0.4 is 0 Å². The summed E-state index contributed by atoms with van der Waals surface area (Å²) in [5, 5.41) is 8.97. The largest absolute Gasteiger partial charge is 0.396 e. The quantitative estimate of drug-likeness (QED) is 0.865. The monoisotopic (exact) mass is 252 g/mol. The summed E-state index contributed by atoms with van der Waals surface area (Å²) in [6.45, 7) is 1.63. The fourth-order valence-electron chi connectivity index (χ4n) is 1.87. The smallest absolute Gasteiger partial charge is 0.255 e. The van der Waals surface area contributed by atoms with Crippen LogP contribution in [-0.4, -0.2) is 52.1 Å². The number of aromatic nitrogens is 1. The molecule has 0 unspecified atom stereocenters. The predicted molar refractivity (Wildman–Crippen MR) is 68.3 cm³/mol. The standard InChI is InChI=1S/C12H16N2O2S/c15-7-3-11-10(2-1-4-13-11)12(16)14-5-8-17-9-6-14/h1-2,4,15H,3,5-9H2. The van der Waals surface area contributed by atoms with Gasteiger partial charge in [-0.1, -0.05) is 0 Å². The van der Waals surface area contributed by atoms with E-state index in [2.05, 4.69) is 4.98 Å². The van der Waals surface area contributed by atoms with E-state index in [1.807, 2.05) is 16.7 Å². The summed E-state index contributed by atoms with van der Waals surface area (Å²) < 4.78 is 0. The summed E-state index contributed by atoms with van der Waals surface area (Å²) in [6.07, 6.45) is 2.10. The highest BCUT2D eigenvalue weighted by atomic mass is 32.2. The minimum absolute atomic E-state index is 0.0210. The number of aliphatic hydroxyl groups is 1. The van der Waals surface area contributed by atoms with Crippen molar-refractivity contribution < 1.29 is 9.90 Å². The molecular formula is C12H16N2O2S. The maximum absolute atomic E-state index is 12.3. The second-order valence-corrected chi connectivity index (χ2v) is 5.10. The van der Waals surface area contributed by atoms with Crippen molar-refractivity contribution in [2.45, 2.75) is 6.42 Å². The van der Waals surface area contributed by atoms with Crippen LogP contribution in [0, 0.1) is 0 Å². The first kappa shape index (κ1) is 12.4. The van der Waals surface area contributed by atoms with E-state index in [4.69, 9.17) is 5.11 Å². The number of carbonyl (C=O) groups excluding carboxylic acids is 1. The molecule has 4 nitrogen and oxygen atoms in total. The van der Waals surface area contributed by atoms with Crippen molar-refractivity contribution in [3.05, 3.63) is 29.6 Å². The van der Waals surface area contributed by atoms with Gasteiger partial charge in [0.2, 0.25) is 0 Å². The van der Waals surface area contributed by atoms with Crippen LogP contribution in [0.2, 0.25) is 0 Å². The lowest BCUT2D eigenvalue weighted by molar-refractivity contribution is 0.0770. The van der Waals surface area contributed by atoms with Gasteiger partial charge < -0.3 is 10.0 Å². The molecule has 17 heavy (non-hydrogen) atoms. The maximum atomic E-state index is 12.3. The van der Waals surface area contributed by atoms with Crippen LogP contribution in [0.4, 0.5) is 0 Å². The zero-order chi connectivity index (χ0) is 12.1. The molecule has 92 valence electrons. The molecule has 1 N–H and O–H groups in total. The third-order valence-corrected chi connectivity index (χ3v) is 3.71. The van der Waals surface area contributed by atoms with E-state index in [-0.39, 0.29) is 12.5 Å². The van der Waals surface area contributed by atoms with Crippen LogP contribution in [0.3, 0.4) is 0 Å². The first-order valence-corrected chi connectivity index (χ1v) is 6.90. The number of nitrogens with zero attached hydrogens (tertiary/aromatic N) is 2. The van der Waals surface area contributed by atoms with Gasteiger partial charge in [-0.3, -0.25) is 9.78 Å². The molecule has 1 fully saturated rings. The Bertz CT molecular complexity index is 392. The molecule has 1 amide bonds. The lowest BCUT2D eigenvalue weighted by Crippen LogP contribution is -2.38. The van der Waals surface area contributed by atoms with Crippen LogP contribution in [0.5, 0.6) is 0 Å². The molecule has 2 rings (SSSR count). The number of thioether (sulfide) groups is 1. The Morgan fingerprint density at radius 1 is 1.47 bits per heavy atom. The van der Waals surface area contributed by atoms with Crippen LogP contribution >= 0.6 is 11.8 Å². The molecule has 0 spiro atoms. The fourth-order valence-corrected chi connectivity index (χ4v) is 2.78. The van der Waals surface area contributed by atoms with Crippen LogP contribution in [0.25, 0.3) is 0 Å². The zero-order valence-electron chi connectivity index (χ0n) is 9.63. The molecule has 0 bridgehead atoms. The number of aliphatic hydroxyl groups excluding tert-OH is 1. The molecule has 0 atom stereocenters. The number of rotatable bonds is 3. The van der Waals surface area contributed by atoms with Crippen LogP contribution in [-0.2, 0) is 6.42 Å². The maximum Gasteiger partial charge on any atom is 0.255 e. The average molecular weight is 252 g/mol. The van der Waals surface area contributed by atoms with Gasteiger partial charge in [-0.2, -0.15) is 11.8 Å². The van der Waals surface area contributed by atoms with E-state index in [1.54, 1.807) is 18.3 Å². The minimum atomic E-state index is 0.0210. The van der Waals surface area contributed by atoms with Crippen LogP contribution in [0.15, 0.2) is 18.3 Å². The van der Waals surface area contributed by atoms with Gasteiger partial charge in [0.1, 0.15) is 0 Å². The van der Waals surface area contributed by atoms with Gasteiger partial charge in [0, 0.05) is 43.8 Å². The minimum Gasteiger partial charge on any atom is -0.396 e. The summed E-state index contributed by atoms with van der Waals surface area (Å²) in [5.41, 5.74) is 1.33. The van der Waals surface area contributed by atoms with Crippen molar-refractivity contribution in [1.82, 2.24) is 9.88 Å². The van der Waals surface area contributed by atoms with Crippen molar-refractivity contribution in [1.29, 1.82) is 0 Å². The number of pyridine rings is 1. The summed E-state index contributed by atoms with van der Waals surface area (Å²) >= 11 is 1.88. The van der Waals surface area contributed by atoms with Crippen LogP contribution in [0.1, 0.15) is 16.1 Å². The number of amides is 1. The molecule has 0 radical (unpaired) electrons. The molecule has 1 saturated heterocycles. The van der Waals surface area contributed by atoms with Gasteiger partial charge in [-0.05, 0) is 12.1 Å². The normalized spacial score (nSPS) is 15.9. The molecule has 2 heterocycles. The number of hydrogen-bond acceptors (Lipinski definition) is 4. The van der Waals surface area contributed by atoms with Crippen molar-refractivity contribution in [2.75, 3.05) is 31.2 Å². The van der Waals surface area contributed by atoms with Gasteiger partial charge in [-0.25, -0.2) is 0 Å². The van der Waals surface area contributed by atoms with Gasteiger partial charge in [-0.15, -0.1) is 0 Å². The summed E-state index contributed by atoms with van der Waals surface area (Å²) in [5.74, 6) is 2.05. The van der Waals surface area contributed by atoms with Gasteiger partial charge in [0.25, 0.3) is 5.91 Å². The fraction of sp³-hybridized carbons (Fsp3) is 0.500. The average Bonchev–Trinajstić information content (AvgIpc) is 2.40. The first-order valence-electron chi connectivity index (χ1n) is 5.74. The SMILES string of the molecule is O=C(c1cccnc1CCO)N1CCSCC1. The topological polar surface area (TPSA) is 53.4 Å². The number of carbonyl (C=O) groups is 1. The van der Waals surface area contributed by atoms with E-state index < -0.39 is 0 Å². The Morgan fingerprint density at radius 2 is 2.24 bits per heavy atom. The molecule has 1 aromatic heterocycles. The zero-order valence-corrected chi connectivity index (χ0v) is 10.4. The lowest BCUT2D eigenvalue weighted by Gasteiger charge is -2.27. The highest BCUT2D eigenvalue weighted by Crippen LogP contribution is 2.15. The van der Waals surface area contributed by atoms with E-state index >= 15 is 0 Å². The Labute approximate surface area is 105 Å². The van der Waals surface area contributed by atoms with E-state index in [9.17, 15) is 4.79 Å². The molecule has 1 aliphatic heterocycles. The van der Waals surface area contributed by atoms with E-state index in [1.165, 1.54) is 0 Å². The van der Waals surface area contributed by atoms with Crippen molar-refractivity contribution >= 4 is 17.7 Å². The molecule has 0 saturated carbocycles. The van der Waals surface area contributed by atoms with E-state index in [0.29, 0.717) is 17.7 Å². The Balaban J connectivity index is 2.17. The summed E-state index contributed by atoms with van der Waals surface area (Å²) in [4.78, 5) is 18.3. The molecule has 1 aliphatic rings. The van der Waals surface area contributed by atoms with Crippen molar-refractivity contribution in [3.63, 3.8) is 0 Å². The molecule has 5 heteroatoms. The van der Waals surface area contributed by atoms with Gasteiger partial charge in [0.05, 0.1) is 11.3 Å². The predicted octanol–water partition coefficient (Wildman–Crippen LogP) is 0.805. The second-order valence-electron chi connectivity index (χ2n) is 3.88. The molecule has 1 aromatic rings.